The van der Waals surface area contributed by atoms with Gasteiger partial charge < -0.3 is 14.9 Å². The minimum atomic E-state index is -0.440. The van der Waals surface area contributed by atoms with Crippen LogP contribution in [0.2, 0.25) is 5.02 Å². The van der Waals surface area contributed by atoms with Gasteiger partial charge in [-0.2, -0.15) is 0 Å². The summed E-state index contributed by atoms with van der Waals surface area (Å²) in [5.41, 5.74) is 7.76. The number of ether oxygens (including phenoxy) is 1. The van der Waals surface area contributed by atoms with Gasteiger partial charge in [0.05, 0.1) is 5.02 Å². The first-order valence-electron chi connectivity index (χ1n) is 8.43. The van der Waals surface area contributed by atoms with E-state index in [1.807, 2.05) is 13.0 Å². The molecule has 0 radical (unpaired) electrons. The number of nitrogens with zero attached hydrogens (tertiary/aromatic N) is 3. The zero-order valence-electron chi connectivity index (χ0n) is 14.8. The second kappa shape index (κ2) is 7.28. The van der Waals surface area contributed by atoms with E-state index in [9.17, 15) is 4.79 Å². The minimum absolute atomic E-state index is 0.211. The number of hydrogen-bond acceptors (Lipinski definition) is 7. The number of pyridine rings is 1. The Bertz CT molecular complexity index is 1230. The highest BCUT2D eigenvalue weighted by Crippen LogP contribution is 2.28. The normalized spacial score (nSPS) is 10.9. The van der Waals surface area contributed by atoms with E-state index in [-0.39, 0.29) is 11.8 Å². The van der Waals surface area contributed by atoms with Crippen LogP contribution in [-0.2, 0) is 6.42 Å². The Morgan fingerprint density at radius 1 is 1.14 bits per heavy atom. The topological polar surface area (TPSA) is 104 Å². The van der Waals surface area contributed by atoms with E-state index in [1.165, 1.54) is 0 Å². The highest BCUT2D eigenvalue weighted by Gasteiger charge is 2.15. The highest BCUT2D eigenvalue weighted by molar-refractivity contribution is 6.33. The fraction of sp³-hybridized carbons (Fsp3) is 0.100. The predicted molar refractivity (Wildman–Crippen MR) is 106 cm³/mol. The van der Waals surface area contributed by atoms with Crippen LogP contribution < -0.4 is 16.1 Å². The van der Waals surface area contributed by atoms with Crippen LogP contribution in [0.5, 0.6) is 11.8 Å². The molecule has 1 aromatic carbocycles. The van der Waals surface area contributed by atoms with E-state index in [0.29, 0.717) is 33.9 Å². The Kier molecular flexibility index (Phi) is 4.67. The van der Waals surface area contributed by atoms with Crippen LogP contribution >= 0.6 is 11.6 Å². The van der Waals surface area contributed by atoms with Crippen LogP contribution in [0.3, 0.4) is 0 Å². The van der Waals surface area contributed by atoms with Crippen molar-refractivity contribution < 1.29 is 9.15 Å². The summed E-state index contributed by atoms with van der Waals surface area (Å²) in [5.74, 6) is 0.700. The molecule has 0 saturated heterocycles. The first-order chi connectivity index (χ1) is 13.5. The third-order valence-corrected chi connectivity index (χ3v) is 4.81. The van der Waals surface area contributed by atoms with Crippen molar-refractivity contribution in [2.45, 2.75) is 13.3 Å². The first-order valence-corrected chi connectivity index (χ1v) is 8.81. The predicted octanol–water partition coefficient (Wildman–Crippen LogP) is 3.91. The van der Waals surface area contributed by atoms with Crippen molar-refractivity contribution in [3.8, 4) is 11.8 Å². The zero-order valence-corrected chi connectivity index (χ0v) is 15.6. The van der Waals surface area contributed by atoms with Crippen LogP contribution in [0.1, 0.15) is 16.7 Å². The Hall–Kier alpha value is -3.45. The lowest BCUT2D eigenvalue weighted by Crippen LogP contribution is -2.11. The third-order valence-electron chi connectivity index (χ3n) is 4.37. The summed E-state index contributed by atoms with van der Waals surface area (Å²) in [6.45, 7) is 1.87. The van der Waals surface area contributed by atoms with Crippen molar-refractivity contribution >= 4 is 28.4 Å². The van der Waals surface area contributed by atoms with E-state index in [1.54, 1.807) is 42.9 Å². The molecular weight excluding hydrogens is 380 g/mol. The monoisotopic (exact) mass is 394 g/mol. The first kappa shape index (κ1) is 17.9. The Morgan fingerprint density at radius 2 is 1.93 bits per heavy atom. The summed E-state index contributed by atoms with van der Waals surface area (Å²) in [5, 5.41) is 1.14. The summed E-state index contributed by atoms with van der Waals surface area (Å²) >= 11 is 6.22. The maximum absolute atomic E-state index is 12.6. The molecule has 0 bridgehead atoms. The molecule has 0 atom stereocenters. The van der Waals surface area contributed by atoms with Gasteiger partial charge in [-0.15, -0.1) is 0 Å². The molecule has 0 aliphatic heterocycles. The number of aromatic nitrogens is 3. The average Bonchev–Trinajstić information content (AvgIpc) is 2.69. The SMILES string of the molecule is Cc1c(Cc2ccnc(N)c2Cl)c(=O)oc2cc(Oc3ncccn3)ccc12. The molecule has 4 aromatic rings. The minimum Gasteiger partial charge on any atom is -0.424 e. The van der Waals surface area contributed by atoms with E-state index < -0.39 is 5.63 Å². The molecule has 7 nitrogen and oxygen atoms in total. The molecule has 0 aliphatic carbocycles. The van der Waals surface area contributed by atoms with Gasteiger partial charge >= 0.3 is 11.6 Å². The fourth-order valence-electron chi connectivity index (χ4n) is 2.91. The van der Waals surface area contributed by atoms with Crippen molar-refractivity contribution in [1.29, 1.82) is 0 Å². The van der Waals surface area contributed by atoms with Gasteiger partial charge in [0, 0.05) is 42.0 Å². The summed E-state index contributed by atoms with van der Waals surface area (Å²) in [6, 6.07) is 8.88. The number of rotatable bonds is 4. The summed E-state index contributed by atoms with van der Waals surface area (Å²) in [6.07, 6.45) is 5.02. The number of fused-ring (bicyclic) bond motifs is 1. The maximum Gasteiger partial charge on any atom is 0.340 e. The van der Waals surface area contributed by atoms with Gasteiger partial charge in [-0.1, -0.05) is 11.6 Å². The number of anilines is 1. The highest BCUT2D eigenvalue weighted by atomic mass is 35.5. The standard InChI is InChI=1S/C20H15ClN4O3/c1-11-14-4-3-13(27-20-24-6-2-7-25-20)10-16(14)28-19(26)15(11)9-12-5-8-23-18(22)17(12)21/h2-8,10H,9H2,1H3,(H2,22,23). The lowest BCUT2D eigenvalue weighted by atomic mass is 10.00. The van der Waals surface area contributed by atoms with Gasteiger partial charge in [-0.25, -0.2) is 19.7 Å². The molecule has 0 saturated carbocycles. The van der Waals surface area contributed by atoms with Crippen LogP contribution in [0, 0.1) is 6.92 Å². The van der Waals surface area contributed by atoms with Gasteiger partial charge in [0.15, 0.2) is 0 Å². The number of nitrogens with two attached hydrogens (primary N) is 1. The van der Waals surface area contributed by atoms with E-state index in [4.69, 9.17) is 26.5 Å². The summed E-state index contributed by atoms with van der Waals surface area (Å²) in [7, 11) is 0. The van der Waals surface area contributed by atoms with Gasteiger partial charge in [0.2, 0.25) is 0 Å². The quantitative estimate of drug-likeness (QED) is 0.523. The summed E-state index contributed by atoms with van der Waals surface area (Å²) in [4.78, 5) is 24.6. The lowest BCUT2D eigenvalue weighted by molar-refractivity contribution is 0.440. The Morgan fingerprint density at radius 3 is 2.71 bits per heavy atom. The van der Waals surface area contributed by atoms with E-state index in [2.05, 4.69) is 15.0 Å². The third kappa shape index (κ3) is 3.39. The van der Waals surface area contributed by atoms with Crippen LogP contribution in [0.4, 0.5) is 5.82 Å². The van der Waals surface area contributed by atoms with Crippen molar-refractivity contribution in [1.82, 2.24) is 15.0 Å². The van der Waals surface area contributed by atoms with E-state index >= 15 is 0 Å². The molecule has 0 unspecified atom stereocenters. The second-order valence-electron chi connectivity index (χ2n) is 6.13. The van der Waals surface area contributed by atoms with Gasteiger partial charge in [-0.05, 0) is 42.3 Å². The Labute approximate surface area is 164 Å². The zero-order chi connectivity index (χ0) is 19.7. The molecule has 0 amide bonds. The largest absolute Gasteiger partial charge is 0.424 e. The molecule has 0 aliphatic rings. The molecule has 2 N–H and O–H groups in total. The molecule has 140 valence electrons. The summed E-state index contributed by atoms with van der Waals surface area (Å²) < 4.78 is 11.1. The van der Waals surface area contributed by atoms with Crippen molar-refractivity contribution in [2.75, 3.05) is 5.73 Å². The molecule has 0 spiro atoms. The van der Waals surface area contributed by atoms with Gasteiger partial charge in [-0.3, -0.25) is 0 Å². The Balaban J connectivity index is 1.73. The smallest absolute Gasteiger partial charge is 0.340 e. The number of aryl methyl sites for hydroxylation is 1. The maximum atomic E-state index is 12.6. The van der Waals surface area contributed by atoms with Crippen molar-refractivity contribution in [2.24, 2.45) is 0 Å². The second-order valence-corrected chi connectivity index (χ2v) is 6.51. The van der Waals surface area contributed by atoms with Crippen LogP contribution in [0.15, 0.2) is 58.1 Å². The molecule has 3 heterocycles. The van der Waals surface area contributed by atoms with Crippen LogP contribution in [-0.4, -0.2) is 15.0 Å². The van der Waals surface area contributed by atoms with Gasteiger partial charge in [0.25, 0.3) is 0 Å². The molecular formula is C20H15ClN4O3. The van der Waals surface area contributed by atoms with E-state index in [0.717, 1.165) is 10.9 Å². The number of benzene rings is 1. The molecule has 28 heavy (non-hydrogen) atoms. The number of nitrogen functional groups attached to an aromatic ring is 1. The fourth-order valence-corrected chi connectivity index (χ4v) is 3.09. The number of hydrogen-bond donors (Lipinski definition) is 1. The number of halogens is 1. The van der Waals surface area contributed by atoms with Gasteiger partial charge in [0.1, 0.15) is 17.2 Å². The molecule has 4 rings (SSSR count). The molecule has 0 fully saturated rings. The molecule has 8 heteroatoms. The van der Waals surface area contributed by atoms with Crippen molar-refractivity contribution in [3.63, 3.8) is 0 Å². The average molecular weight is 395 g/mol. The lowest BCUT2D eigenvalue weighted by Gasteiger charge is -2.10. The van der Waals surface area contributed by atoms with Crippen molar-refractivity contribution in [3.05, 3.63) is 81.1 Å². The van der Waals surface area contributed by atoms with Crippen LogP contribution in [0.25, 0.3) is 11.0 Å². The molecule has 3 aromatic heterocycles.